The smallest absolute Gasteiger partial charge is 0.152 e. The zero-order chi connectivity index (χ0) is 13.3. The van der Waals surface area contributed by atoms with Crippen LogP contribution in [-0.2, 0) is 9.84 Å². The Morgan fingerprint density at radius 1 is 1.33 bits per heavy atom. The highest BCUT2D eigenvalue weighted by Gasteiger charge is 2.30. The first-order chi connectivity index (χ1) is 8.39. The summed E-state index contributed by atoms with van der Waals surface area (Å²) in [6, 6.07) is 8.13. The van der Waals surface area contributed by atoms with E-state index in [1.807, 2.05) is 38.2 Å². The van der Waals surface area contributed by atoms with E-state index in [9.17, 15) is 8.42 Å². The second-order valence-electron chi connectivity index (χ2n) is 5.05. The molecule has 1 aromatic rings. The maximum absolute atomic E-state index is 11.5. The van der Waals surface area contributed by atoms with Crippen molar-refractivity contribution in [1.29, 1.82) is 0 Å². The molecular formula is C13H20N2O2S. The van der Waals surface area contributed by atoms with Crippen LogP contribution in [0.4, 0.5) is 5.69 Å². The first-order valence-electron chi connectivity index (χ1n) is 6.18. The normalized spacial score (nSPS) is 23.8. The van der Waals surface area contributed by atoms with Gasteiger partial charge in [-0.2, -0.15) is 0 Å². The fraction of sp³-hybridized carbons (Fsp3) is 0.538. The number of sulfone groups is 1. The minimum Gasteiger partial charge on any atom is -0.371 e. The van der Waals surface area contributed by atoms with Crippen LogP contribution in [0.2, 0.25) is 0 Å². The Balaban J connectivity index is 2.12. The van der Waals surface area contributed by atoms with Crippen molar-refractivity contribution in [3.05, 3.63) is 29.8 Å². The lowest BCUT2D eigenvalue weighted by Crippen LogP contribution is -2.32. The van der Waals surface area contributed by atoms with Gasteiger partial charge < -0.3 is 10.6 Å². The molecule has 5 heteroatoms. The van der Waals surface area contributed by atoms with Gasteiger partial charge in [-0.1, -0.05) is 12.1 Å². The number of hydrogen-bond donors (Lipinski definition) is 1. The number of hydrogen-bond acceptors (Lipinski definition) is 4. The van der Waals surface area contributed by atoms with Crippen molar-refractivity contribution < 1.29 is 8.42 Å². The molecule has 1 saturated heterocycles. The minimum atomic E-state index is -2.83. The molecule has 0 spiro atoms. The van der Waals surface area contributed by atoms with E-state index in [4.69, 9.17) is 5.73 Å². The fourth-order valence-corrected chi connectivity index (χ4v) is 4.08. The zero-order valence-electron chi connectivity index (χ0n) is 10.8. The van der Waals surface area contributed by atoms with Crippen molar-refractivity contribution in [2.45, 2.75) is 25.4 Å². The Morgan fingerprint density at radius 3 is 2.39 bits per heavy atom. The number of nitrogens with zero attached hydrogens (tertiary/aromatic N) is 1. The standard InChI is InChI=1S/C13H20N2O2S/c1-10(14)11-3-5-12(6-4-11)15(2)13-7-8-18(16,17)9-13/h3-6,10,13H,7-9,14H2,1-2H3/t10-,13?/m0/s1. The summed E-state index contributed by atoms with van der Waals surface area (Å²) >= 11 is 0. The van der Waals surface area contributed by atoms with Crippen LogP contribution in [0, 0.1) is 0 Å². The topological polar surface area (TPSA) is 63.4 Å². The third-order valence-corrected chi connectivity index (χ3v) is 5.33. The lowest BCUT2D eigenvalue weighted by molar-refractivity contribution is 0.601. The highest BCUT2D eigenvalue weighted by Crippen LogP contribution is 2.24. The van der Waals surface area contributed by atoms with Crippen molar-refractivity contribution in [3.8, 4) is 0 Å². The average Bonchev–Trinajstić information content (AvgIpc) is 2.69. The van der Waals surface area contributed by atoms with Crippen LogP contribution in [0.3, 0.4) is 0 Å². The maximum atomic E-state index is 11.5. The molecule has 0 aliphatic carbocycles. The summed E-state index contributed by atoms with van der Waals surface area (Å²) in [6.45, 7) is 1.95. The Morgan fingerprint density at radius 2 is 1.94 bits per heavy atom. The zero-order valence-corrected chi connectivity index (χ0v) is 11.7. The van der Waals surface area contributed by atoms with Gasteiger partial charge in [-0.05, 0) is 31.0 Å². The lowest BCUT2D eigenvalue weighted by atomic mass is 10.1. The van der Waals surface area contributed by atoms with E-state index in [1.54, 1.807) is 0 Å². The Labute approximate surface area is 109 Å². The molecule has 1 fully saturated rings. The van der Waals surface area contributed by atoms with Crippen molar-refractivity contribution in [2.75, 3.05) is 23.5 Å². The minimum absolute atomic E-state index is 0.0243. The molecule has 0 bridgehead atoms. The van der Waals surface area contributed by atoms with Gasteiger partial charge in [0.05, 0.1) is 11.5 Å². The molecule has 1 aliphatic heterocycles. The van der Waals surface area contributed by atoms with Gasteiger partial charge in [0.1, 0.15) is 0 Å². The monoisotopic (exact) mass is 268 g/mol. The van der Waals surface area contributed by atoms with Gasteiger partial charge in [0.25, 0.3) is 0 Å². The molecule has 1 unspecified atom stereocenters. The van der Waals surface area contributed by atoms with Crippen molar-refractivity contribution in [2.24, 2.45) is 5.73 Å². The quantitative estimate of drug-likeness (QED) is 0.898. The van der Waals surface area contributed by atoms with Crippen LogP contribution in [0.1, 0.15) is 24.9 Å². The summed E-state index contributed by atoms with van der Waals surface area (Å²) in [4.78, 5) is 2.05. The summed E-state index contributed by atoms with van der Waals surface area (Å²) < 4.78 is 23.0. The van der Waals surface area contributed by atoms with Gasteiger partial charge in [0, 0.05) is 24.8 Å². The van der Waals surface area contributed by atoms with Crippen LogP contribution < -0.4 is 10.6 Å². The molecule has 0 amide bonds. The van der Waals surface area contributed by atoms with Crippen LogP contribution in [-0.4, -0.2) is 33.0 Å². The van der Waals surface area contributed by atoms with Gasteiger partial charge in [0.2, 0.25) is 0 Å². The Hall–Kier alpha value is -1.07. The van der Waals surface area contributed by atoms with Crippen molar-refractivity contribution in [1.82, 2.24) is 0 Å². The van der Waals surface area contributed by atoms with Crippen molar-refractivity contribution in [3.63, 3.8) is 0 Å². The van der Waals surface area contributed by atoms with Crippen LogP contribution in [0.5, 0.6) is 0 Å². The maximum Gasteiger partial charge on any atom is 0.152 e. The third-order valence-electron chi connectivity index (χ3n) is 3.58. The summed E-state index contributed by atoms with van der Waals surface area (Å²) in [5.41, 5.74) is 7.94. The van der Waals surface area contributed by atoms with Crippen LogP contribution in [0.25, 0.3) is 0 Å². The fourth-order valence-electron chi connectivity index (χ4n) is 2.30. The van der Waals surface area contributed by atoms with E-state index >= 15 is 0 Å². The van der Waals surface area contributed by atoms with Crippen LogP contribution in [0.15, 0.2) is 24.3 Å². The third kappa shape index (κ3) is 2.84. The molecule has 4 nitrogen and oxygen atoms in total. The molecule has 2 N–H and O–H groups in total. The summed E-state index contributed by atoms with van der Waals surface area (Å²) in [7, 11) is -0.881. The highest BCUT2D eigenvalue weighted by molar-refractivity contribution is 7.91. The van der Waals surface area contributed by atoms with Crippen LogP contribution >= 0.6 is 0 Å². The first kappa shape index (κ1) is 13.4. The van der Waals surface area contributed by atoms with Gasteiger partial charge in [-0.15, -0.1) is 0 Å². The second kappa shape index (κ2) is 4.90. The Kier molecular flexibility index (Phi) is 3.64. The SMILES string of the molecule is C[C@H](N)c1ccc(N(C)C2CCS(=O)(=O)C2)cc1. The molecule has 0 radical (unpaired) electrons. The molecule has 18 heavy (non-hydrogen) atoms. The van der Waals surface area contributed by atoms with E-state index in [1.165, 1.54) is 0 Å². The molecule has 2 rings (SSSR count). The van der Waals surface area contributed by atoms with Gasteiger partial charge in [-0.3, -0.25) is 0 Å². The van der Waals surface area contributed by atoms with Gasteiger partial charge in [-0.25, -0.2) is 8.42 Å². The molecule has 2 atom stereocenters. The molecule has 100 valence electrons. The number of anilines is 1. The van der Waals surface area contributed by atoms with E-state index in [-0.39, 0.29) is 17.8 Å². The number of rotatable bonds is 3. The summed E-state index contributed by atoms with van der Waals surface area (Å²) in [5, 5.41) is 0. The Bertz CT molecular complexity index is 508. The van der Waals surface area contributed by atoms with Crippen molar-refractivity contribution >= 4 is 15.5 Å². The van der Waals surface area contributed by atoms with E-state index < -0.39 is 9.84 Å². The molecule has 1 heterocycles. The summed E-state index contributed by atoms with van der Waals surface area (Å²) in [5.74, 6) is 0.568. The van der Waals surface area contributed by atoms with E-state index in [0.717, 1.165) is 11.3 Å². The predicted molar refractivity (Wildman–Crippen MR) is 74.5 cm³/mol. The average molecular weight is 268 g/mol. The molecular weight excluding hydrogens is 248 g/mol. The summed E-state index contributed by atoms with van der Waals surface area (Å²) in [6.07, 6.45) is 0.716. The number of benzene rings is 1. The highest BCUT2D eigenvalue weighted by atomic mass is 32.2. The molecule has 1 aliphatic rings. The number of nitrogens with two attached hydrogens (primary N) is 1. The van der Waals surface area contributed by atoms with E-state index in [0.29, 0.717) is 12.2 Å². The van der Waals surface area contributed by atoms with Gasteiger partial charge in [0.15, 0.2) is 9.84 Å². The largest absolute Gasteiger partial charge is 0.371 e. The van der Waals surface area contributed by atoms with Gasteiger partial charge >= 0.3 is 0 Å². The lowest BCUT2D eigenvalue weighted by Gasteiger charge is -2.26. The molecule has 0 aromatic heterocycles. The molecule has 0 saturated carbocycles. The second-order valence-corrected chi connectivity index (χ2v) is 7.28. The molecule has 1 aromatic carbocycles. The van der Waals surface area contributed by atoms with E-state index in [2.05, 4.69) is 4.90 Å². The predicted octanol–water partition coefficient (Wildman–Crippen LogP) is 1.33. The first-order valence-corrected chi connectivity index (χ1v) is 8.00.